The van der Waals surface area contributed by atoms with Gasteiger partial charge in [-0.2, -0.15) is 0 Å². The lowest BCUT2D eigenvalue weighted by Gasteiger charge is -2.19. The summed E-state index contributed by atoms with van der Waals surface area (Å²) in [6.45, 7) is 8.23. The highest BCUT2D eigenvalue weighted by molar-refractivity contribution is 7.58. The van der Waals surface area contributed by atoms with Crippen molar-refractivity contribution < 1.29 is 18.3 Å². The van der Waals surface area contributed by atoms with Gasteiger partial charge in [-0.25, -0.2) is 0 Å². The molecule has 0 aliphatic rings. The van der Waals surface area contributed by atoms with Crippen molar-refractivity contribution in [1.29, 1.82) is 0 Å². The van der Waals surface area contributed by atoms with E-state index in [0.29, 0.717) is 25.3 Å². The Kier molecular flexibility index (Phi) is 6.89. The first-order chi connectivity index (χ1) is 6.64. The molecule has 0 bridgehead atoms. The smallest absolute Gasteiger partial charge is 0.395 e. The van der Waals surface area contributed by atoms with Crippen molar-refractivity contribution in [2.24, 2.45) is 0 Å². The van der Waals surface area contributed by atoms with E-state index in [2.05, 4.69) is 0 Å². The number of rotatable bonds is 7. The maximum Gasteiger partial charge on any atom is 0.395 e. The van der Waals surface area contributed by atoms with Crippen LogP contribution in [0, 0.1) is 0 Å². The predicted molar refractivity (Wildman–Crippen MR) is 56.2 cm³/mol. The summed E-state index contributed by atoms with van der Waals surface area (Å²) < 4.78 is 27.5. The monoisotopic (exact) mass is 222 g/mol. The zero-order chi connectivity index (χ0) is 11.0. The van der Waals surface area contributed by atoms with Gasteiger partial charge in [-0.1, -0.05) is 0 Å². The van der Waals surface area contributed by atoms with Crippen LogP contribution in [-0.4, -0.2) is 19.8 Å². The Hall–Kier alpha value is -0.310. The Bertz CT molecular complexity index is 215. The number of hydrogen-bond donors (Lipinski definition) is 0. The molecule has 0 atom stereocenters. The van der Waals surface area contributed by atoms with Crippen LogP contribution in [0.1, 0.15) is 27.7 Å². The zero-order valence-electron chi connectivity index (χ0n) is 9.28. The maximum atomic E-state index is 12.1. The topological polar surface area (TPSA) is 44.8 Å². The number of allylic oxidation sites excluding steroid dienone is 1. The van der Waals surface area contributed by atoms with E-state index in [-0.39, 0.29) is 0 Å². The molecule has 0 amide bonds. The molecule has 0 saturated heterocycles. The van der Waals surface area contributed by atoms with E-state index in [4.69, 9.17) is 13.8 Å². The highest BCUT2D eigenvalue weighted by atomic mass is 31.2. The van der Waals surface area contributed by atoms with E-state index in [0.717, 1.165) is 0 Å². The lowest BCUT2D eigenvalue weighted by Crippen LogP contribution is -2.01. The summed E-state index contributed by atoms with van der Waals surface area (Å²) in [5.41, 5.74) is 0.295. The minimum Gasteiger partial charge on any atom is -0.486 e. The molecule has 0 heterocycles. The van der Waals surface area contributed by atoms with Crippen molar-refractivity contribution in [3.05, 3.63) is 11.6 Å². The van der Waals surface area contributed by atoms with E-state index < -0.39 is 7.60 Å². The van der Waals surface area contributed by atoms with Crippen molar-refractivity contribution in [3.8, 4) is 0 Å². The van der Waals surface area contributed by atoms with Crippen LogP contribution in [0.3, 0.4) is 0 Å². The molecule has 0 aromatic rings. The molecule has 0 radical (unpaired) electrons. The van der Waals surface area contributed by atoms with Crippen LogP contribution < -0.4 is 0 Å². The summed E-state index contributed by atoms with van der Waals surface area (Å²) in [6.07, 6.45) is 1.62. The first-order valence-electron chi connectivity index (χ1n) is 4.83. The normalized spacial score (nSPS) is 13.0. The molecule has 0 aromatic carbocycles. The van der Waals surface area contributed by atoms with Gasteiger partial charge in [-0.15, -0.1) is 0 Å². The fourth-order valence-corrected chi connectivity index (χ4v) is 2.59. The zero-order valence-corrected chi connectivity index (χ0v) is 10.2. The summed E-state index contributed by atoms with van der Waals surface area (Å²) in [4.78, 5) is 0. The van der Waals surface area contributed by atoms with E-state index in [1.807, 2.05) is 6.92 Å². The third-order valence-electron chi connectivity index (χ3n) is 1.41. The van der Waals surface area contributed by atoms with Crippen molar-refractivity contribution >= 4 is 7.60 Å². The van der Waals surface area contributed by atoms with Gasteiger partial charge in [0.15, 0.2) is 0 Å². The first kappa shape index (κ1) is 13.7. The van der Waals surface area contributed by atoms with Crippen LogP contribution in [-0.2, 0) is 18.3 Å². The molecule has 0 rings (SSSR count). The summed E-state index contributed by atoms with van der Waals surface area (Å²) in [6, 6.07) is 0. The molecular weight excluding hydrogens is 203 g/mol. The minimum absolute atomic E-state index is 0.295. The van der Waals surface area contributed by atoms with Crippen LogP contribution in [0.25, 0.3) is 0 Å². The molecule has 5 heteroatoms. The molecule has 0 aliphatic carbocycles. The second-order valence-corrected chi connectivity index (χ2v) is 4.35. The Labute approximate surface area is 85.8 Å². The standard InChI is InChI=1S/C9H19O4P/c1-5-9(11-6-2)14(10,12-7-3)13-8-4/h5H,6-8H2,1-4H3/b9-5-. The van der Waals surface area contributed by atoms with Crippen molar-refractivity contribution in [3.63, 3.8) is 0 Å². The van der Waals surface area contributed by atoms with E-state index >= 15 is 0 Å². The summed E-state index contributed by atoms with van der Waals surface area (Å²) in [5, 5.41) is 0. The number of hydrogen-bond acceptors (Lipinski definition) is 4. The highest BCUT2D eigenvalue weighted by Crippen LogP contribution is 2.56. The van der Waals surface area contributed by atoms with Crippen molar-refractivity contribution in [1.82, 2.24) is 0 Å². The molecule has 0 aliphatic heterocycles. The van der Waals surface area contributed by atoms with Gasteiger partial charge in [-0.05, 0) is 33.8 Å². The molecule has 84 valence electrons. The quantitative estimate of drug-likeness (QED) is 0.490. The van der Waals surface area contributed by atoms with Gasteiger partial charge < -0.3 is 13.8 Å². The third kappa shape index (κ3) is 3.82. The van der Waals surface area contributed by atoms with Crippen LogP contribution in [0.2, 0.25) is 0 Å². The second kappa shape index (κ2) is 7.04. The van der Waals surface area contributed by atoms with Gasteiger partial charge in [0, 0.05) is 0 Å². The van der Waals surface area contributed by atoms with Gasteiger partial charge in [0.1, 0.15) is 0 Å². The van der Waals surface area contributed by atoms with Crippen LogP contribution in [0.5, 0.6) is 0 Å². The molecule has 0 fully saturated rings. The fraction of sp³-hybridized carbons (Fsp3) is 0.778. The molecule has 4 nitrogen and oxygen atoms in total. The van der Waals surface area contributed by atoms with E-state index in [1.165, 1.54) is 0 Å². The average Bonchev–Trinajstić information content (AvgIpc) is 2.14. The van der Waals surface area contributed by atoms with Crippen molar-refractivity contribution in [2.75, 3.05) is 19.8 Å². The van der Waals surface area contributed by atoms with E-state index in [1.54, 1.807) is 26.8 Å². The maximum absolute atomic E-state index is 12.1. The Balaban J connectivity index is 4.68. The Morgan fingerprint density at radius 1 is 1.14 bits per heavy atom. The highest BCUT2D eigenvalue weighted by Gasteiger charge is 2.30. The fourth-order valence-electron chi connectivity index (χ4n) is 0.973. The minimum atomic E-state index is -3.21. The largest absolute Gasteiger partial charge is 0.486 e. The second-order valence-electron chi connectivity index (χ2n) is 2.39. The van der Waals surface area contributed by atoms with E-state index in [9.17, 15) is 4.57 Å². The van der Waals surface area contributed by atoms with Crippen LogP contribution >= 0.6 is 7.60 Å². The Morgan fingerprint density at radius 2 is 1.64 bits per heavy atom. The molecule has 0 saturated carbocycles. The predicted octanol–water partition coefficient (Wildman–Crippen LogP) is 3.15. The van der Waals surface area contributed by atoms with Crippen molar-refractivity contribution in [2.45, 2.75) is 27.7 Å². The average molecular weight is 222 g/mol. The molecular formula is C9H19O4P. The van der Waals surface area contributed by atoms with Gasteiger partial charge in [0.25, 0.3) is 0 Å². The number of ether oxygens (including phenoxy) is 1. The van der Waals surface area contributed by atoms with Gasteiger partial charge >= 0.3 is 7.60 Å². The van der Waals surface area contributed by atoms with Gasteiger partial charge in [0.05, 0.1) is 19.8 Å². The molecule has 0 unspecified atom stereocenters. The summed E-state index contributed by atoms with van der Waals surface area (Å²) >= 11 is 0. The lowest BCUT2D eigenvalue weighted by atomic mass is 10.7. The Morgan fingerprint density at radius 3 is 1.93 bits per heavy atom. The first-order valence-corrected chi connectivity index (χ1v) is 6.37. The SMILES string of the molecule is C/C=C(/OCC)P(=O)(OCC)OCC. The van der Waals surface area contributed by atoms with Gasteiger partial charge in [0.2, 0.25) is 5.50 Å². The molecule has 0 spiro atoms. The molecule has 14 heavy (non-hydrogen) atoms. The summed E-state index contributed by atoms with van der Waals surface area (Å²) in [7, 11) is -3.21. The molecule has 0 aromatic heterocycles. The van der Waals surface area contributed by atoms with Gasteiger partial charge in [-0.3, -0.25) is 4.57 Å². The molecule has 0 N–H and O–H groups in total. The summed E-state index contributed by atoms with van der Waals surface area (Å²) in [5.74, 6) is 0. The lowest BCUT2D eigenvalue weighted by molar-refractivity contribution is 0.183. The van der Waals surface area contributed by atoms with Crippen LogP contribution in [0.15, 0.2) is 11.6 Å². The third-order valence-corrected chi connectivity index (χ3v) is 3.53. The van der Waals surface area contributed by atoms with Crippen LogP contribution in [0.4, 0.5) is 0 Å².